The van der Waals surface area contributed by atoms with Gasteiger partial charge in [-0.15, -0.1) is 24.9 Å². The van der Waals surface area contributed by atoms with Crippen LogP contribution in [0, 0.1) is 0 Å². The van der Waals surface area contributed by atoms with Crippen molar-refractivity contribution in [3.05, 3.63) is 61.2 Å². The molecule has 0 bridgehead atoms. The first-order valence-electron chi connectivity index (χ1n) is 6.82. The van der Waals surface area contributed by atoms with Gasteiger partial charge in [0.1, 0.15) is 0 Å². The van der Waals surface area contributed by atoms with Crippen LogP contribution < -0.4 is 0 Å². The Labute approximate surface area is 126 Å². The maximum Gasteiger partial charge on any atom is 0.0716 e. The van der Waals surface area contributed by atoms with Gasteiger partial charge >= 0.3 is 0 Å². The van der Waals surface area contributed by atoms with E-state index in [0.29, 0.717) is 0 Å². The van der Waals surface area contributed by atoms with Crippen LogP contribution in [0.2, 0.25) is 0 Å². The summed E-state index contributed by atoms with van der Waals surface area (Å²) in [6, 6.07) is 8.73. The van der Waals surface area contributed by atoms with Crippen molar-refractivity contribution in [1.82, 2.24) is 9.80 Å². The molecule has 20 heavy (non-hydrogen) atoms. The van der Waals surface area contributed by atoms with Gasteiger partial charge in [0.25, 0.3) is 0 Å². The van der Waals surface area contributed by atoms with Crippen molar-refractivity contribution in [3.63, 3.8) is 0 Å². The third-order valence-corrected chi connectivity index (χ3v) is 4.08. The fraction of sp³-hybridized carbons (Fsp3) is 0.294. The third kappa shape index (κ3) is 3.56. The minimum atomic E-state index is 0.864. The van der Waals surface area contributed by atoms with Crippen molar-refractivity contribution >= 4 is 17.5 Å². The zero-order chi connectivity index (χ0) is 14.4. The standard InChI is InChI=1S/C17H22N2S/c1-4-10-18-12-9-17(19(14-18)11-5-2)15-7-6-8-16(13-15)20-3/h4-9,13H,1-2,10-12,14H2,3H3. The van der Waals surface area contributed by atoms with Crippen molar-refractivity contribution in [2.45, 2.75) is 4.90 Å². The van der Waals surface area contributed by atoms with Crippen molar-refractivity contribution in [1.29, 1.82) is 0 Å². The zero-order valence-electron chi connectivity index (χ0n) is 12.1. The smallest absolute Gasteiger partial charge is 0.0716 e. The van der Waals surface area contributed by atoms with Gasteiger partial charge in [-0.2, -0.15) is 0 Å². The number of hydrogen-bond donors (Lipinski definition) is 0. The quantitative estimate of drug-likeness (QED) is 0.581. The largest absolute Gasteiger partial charge is 0.355 e. The van der Waals surface area contributed by atoms with E-state index in [9.17, 15) is 0 Å². The van der Waals surface area contributed by atoms with Crippen molar-refractivity contribution in [2.24, 2.45) is 0 Å². The zero-order valence-corrected chi connectivity index (χ0v) is 12.9. The van der Waals surface area contributed by atoms with Crippen molar-refractivity contribution < 1.29 is 0 Å². The summed E-state index contributed by atoms with van der Waals surface area (Å²) in [4.78, 5) is 6.02. The highest BCUT2D eigenvalue weighted by molar-refractivity contribution is 7.98. The van der Waals surface area contributed by atoms with Crippen LogP contribution in [0.4, 0.5) is 0 Å². The highest BCUT2D eigenvalue weighted by Gasteiger charge is 2.18. The van der Waals surface area contributed by atoms with Gasteiger partial charge in [-0.05, 0) is 30.0 Å². The topological polar surface area (TPSA) is 6.48 Å². The van der Waals surface area contributed by atoms with E-state index in [1.165, 1.54) is 16.2 Å². The van der Waals surface area contributed by atoms with E-state index < -0.39 is 0 Å². The van der Waals surface area contributed by atoms with Gasteiger partial charge in [-0.1, -0.05) is 24.3 Å². The van der Waals surface area contributed by atoms with Gasteiger partial charge in [0.05, 0.1) is 6.67 Å². The second-order valence-electron chi connectivity index (χ2n) is 4.80. The summed E-state index contributed by atoms with van der Waals surface area (Å²) < 4.78 is 0. The van der Waals surface area contributed by atoms with Gasteiger partial charge < -0.3 is 4.90 Å². The predicted molar refractivity (Wildman–Crippen MR) is 89.7 cm³/mol. The van der Waals surface area contributed by atoms with Gasteiger partial charge in [-0.3, -0.25) is 4.90 Å². The molecule has 0 atom stereocenters. The van der Waals surface area contributed by atoms with Crippen LogP contribution >= 0.6 is 11.8 Å². The molecule has 0 radical (unpaired) electrons. The van der Waals surface area contributed by atoms with Gasteiger partial charge in [0, 0.05) is 30.2 Å². The van der Waals surface area contributed by atoms with E-state index in [-0.39, 0.29) is 0 Å². The molecule has 0 amide bonds. The molecular formula is C17H22N2S. The molecule has 1 aromatic rings. The van der Waals surface area contributed by atoms with Crippen LogP contribution in [0.25, 0.3) is 5.70 Å². The molecule has 0 unspecified atom stereocenters. The lowest BCUT2D eigenvalue weighted by Crippen LogP contribution is -2.41. The average molecular weight is 286 g/mol. The van der Waals surface area contributed by atoms with E-state index in [1.54, 1.807) is 11.8 Å². The maximum absolute atomic E-state index is 3.88. The van der Waals surface area contributed by atoms with Crippen molar-refractivity contribution in [2.75, 3.05) is 32.6 Å². The Hall–Kier alpha value is -1.45. The summed E-state index contributed by atoms with van der Waals surface area (Å²) in [5.41, 5.74) is 2.60. The fourth-order valence-electron chi connectivity index (χ4n) is 2.43. The van der Waals surface area contributed by atoms with Crippen LogP contribution in [0.3, 0.4) is 0 Å². The Morgan fingerprint density at radius 1 is 1.25 bits per heavy atom. The predicted octanol–water partition coefficient (Wildman–Crippen LogP) is 3.70. The Bertz CT molecular complexity index is 507. The summed E-state index contributed by atoms with van der Waals surface area (Å²) in [6.45, 7) is 11.4. The number of nitrogens with zero attached hydrogens (tertiary/aromatic N) is 2. The molecule has 0 saturated carbocycles. The second kappa shape index (κ2) is 7.36. The molecule has 0 spiro atoms. The first kappa shape index (κ1) is 14.9. The van der Waals surface area contributed by atoms with E-state index in [0.717, 1.165) is 26.3 Å². The monoisotopic (exact) mass is 286 g/mol. The third-order valence-electron chi connectivity index (χ3n) is 3.36. The van der Waals surface area contributed by atoms with Crippen LogP contribution in [0.5, 0.6) is 0 Å². The molecule has 2 nitrogen and oxygen atoms in total. The number of benzene rings is 1. The Morgan fingerprint density at radius 2 is 2.05 bits per heavy atom. The second-order valence-corrected chi connectivity index (χ2v) is 5.68. The summed E-state index contributed by atoms with van der Waals surface area (Å²) in [5.74, 6) is 0. The van der Waals surface area contributed by atoms with Crippen LogP contribution in [-0.2, 0) is 0 Å². The molecule has 0 N–H and O–H groups in total. The normalized spacial score (nSPS) is 15.8. The number of thioether (sulfide) groups is 1. The SMILES string of the molecule is C=CCN1CC=C(c2cccc(SC)c2)N(CC=C)C1. The molecule has 1 heterocycles. The Morgan fingerprint density at radius 3 is 2.75 bits per heavy atom. The summed E-state index contributed by atoms with van der Waals surface area (Å²) >= 11 is 1.78. The van der Waals surface area contributed by atoms with E-state index in [4.69, 9.17) is 0 Å². The molecule has 0 aliphatic carbocycles. The van der Waals surface area contributed by atoms with Crippen LogP contribution in [0.15, 0.2) is 60.5 Å². The fourth-order valence-corrected chi connectivity index (χ4v) is 2.89. The molecule has 0 aromatic heterocycles. The summed E-state index contributed by atoms with van der Waals surface area (Å²) in [7, 11) is 0. The lowest BCUT2D eigenvalue weighted by molar-refractivity contribution is 0.207. The van der Waals surface area contributed by atoms with Gasteiger partial charge in [-0.25, -0.2) is 0 Å². The number of hydrogen-bond acceptors (Lipinski definition) is 3. The molecule has 106 valence electrons. The molecule has 1 aromatic carbocycles. The Kier molecular flexibility index (Phi) is 5.50. The van der Waals surface area contributed by atoms with Crippen LogP contribution in [0.1, 0.15) is 5.56 Å². The van der Waals surface area contributed by atoms with Gasteiger partial charge in [0.2, 0.25) is 0 Å². The first-order valence-corrected chi connectivity index (χ1v) is 8.04. The van der Waals surface area contributed by atoms with Crippen LogP contribution in [-0.4, -0.2) is 42.4 Å². The lowest BCUT2D eigenvalue weighted by atomic mass is 10.1. The Balaban J connectivity index is 2.26. The lowest BCUT2D eigenvalue weighted by Gasteiger charge is -2.36. The minimum absolute atomic E-state index is 0.864. The molecule has 1 aliphatic heterocycles. The molecule has 3 heteroatoms. The maximum atomic E-state index is 3.88. The number of rotatable bonds is 6. The van der Waals surface area contributed by atoms with E-state index in [1.807, 2.05) is 12.2 Å². The summed E-state index contributed by atoms with van der Waals surface area (Å²) in [6.07, 6.45) is 8.33. The van der Waals surface area contributed by atoms with Crippen molar-refractivity contribution in [3.8, 4) is 0 Å². The average Bonchev–Trinajstić information content (AvgIpc) is 2.48. The first-order chi connectivity index (χ1) is 9.78. The molecule has 0 saturated heterocycles. The molecular weight excluding hydrogens is 264 g/mol. The van der Waals surface area contributed by atoms with E-state index >= 15 is 0 Å². The molecule has 1 aliphatic rings. The highest BCUT2D eigenvalue weighted by Crippen LogP contribution is 2.26. The molecule has 0 fully saturated rings. The minimum Gasteiger partial charge on any atom is -0.355 e. The summed E-state index contributed by atoms with van der Waals surface area (Å²) in [5, 5.41) is 0. The van der Waals surface area contributed by atoms with Gasteiger partial charge in [0.15, 0.2) is 0 Å². The molecule has 2 rings (SSSR count). The highest BCUT2D eigenvalue weighted by atomic mass is 32.2. The van der Waals surface area contributed by atoms with E-state index in [2.05, 4.69) is 59.6 Å².